The van der Waals surface area contributed by atoms with Crippen molar-refractivity contribution in [2.75, 3.05) is 50.8 Å². The number of ether oxygens (including phenoxy) is 1. The molecule has 2 aromatic heterocycles. The maximum absolute atomic E-state index is 12.0. The van der Waals surface area contributed by atoms with Crippen molar-refractivity contribution >= 4 is 17.9 Å². The van der Waals surface area contributed by atoms with E-state index in [-0.39, 0.29) is 6.09 Å². The normalized spacial score (nSPS) is 19.7. The van der Waals surface area contributed by atoms with Crippen LogP contribution in [0.4, 0.5) is 23.8 Å². The Balaban J connectivity index is 0.000000541. The number of nitrogens with zero attached hydrogens (tertiary/aromatic N) is 7. The molecule has 234 valence electrons. The topological polar surface area (TPSA) is 128 Å². The van der Waals surface area contributed by atoms with Gasteiger partial charge in [0.15, 0.2) is 0 Å². The molecule has 2 aliphatic heterocycles. The number of carbonyl (C=O) groups is 2. The third kappa shape index (κ3) is 8.16. The molecule has 1 N–H and O–H groups in total. The molecule has 1 aliphatic carbocycles. The Morgan fingerprint density at radius 3 is 2.58 bits per heavy atom. The highest BCUT2D eigenvalue weighted by atomic mass is 19.4. The van der Waals surface area contributed by atoms with Crippen LogP contribution in [0.25, 0.3) is 11.1 Å². The van der Waals surface area contributed by atoms with E-state index in [1.165, 1.54) is 19.3 Å². The zero-order valence-corrected chi connectivity index (χ0v) is 24.3. The Labute approximate surface area is 248 Å². The summed E-state index contributed by atoms with van der Waals surface area (Å²) in [6.45, 7) is 8.84. The fourth-order valence-electron chi connectivity index (χ4n) is 6.16. The van der Waals surface area contributed by atoms with Crippen LogP contribution in [0, 0.1) is 16.7 Å². The molecule has 3 aliphatic rings. The van der Waals surface area contributed by atoms with Gasteiger partial charge in [-0.2, -0.15) is 23.5 Å². The van der Waals surface area contributed by atoms with E-state index in [1.807, 2.05) is 35.0 Å². The summed E-state index contributed by atoms with van der Waals surface area (Å²) in [7, 11) is 0. The van der Waals surface area contributed by atoms with Gasteiger partial charge in [-0.1, -0.05) is 0 Å². The van der Waals surface area contributed by atoms with Crippen LogP contribution in [-0.2, 0) is 16.1 Å². The van der Waals surface area contributed by atoms with E-state index >= 15 is 0 Å². The Morgan fingerprint density at radius 1 is 1.21 bits per heavy atom. The lowest BCUT2D eigenvalue weighted by Crippen LogP contribution is -2.58. The SMILES string of the molecule is CCOC(=O)N1CC2(CC[C@@H](N3CCN(c4ncccc4-c4cnn(CCCCC#N)c4)CC3)C2)C1.O=C(O)C(F)(F)F. The van der Waals surface area contributed by atoms with E-state index in [0.29, 0.717) is 24.5 Å². The second kappa shape index (κ2) is 14.1. The van der Waals surface area contributed by atoms with E-state index in [1.54, 1.807) is 0 Å². The Hall–Kier alpha value is -3.86. The highest BCUT2D eigenvalue weighted by Gasteiger charge is 2.51. The molecule has 14 heteroatoms. The minimum Gasteiger partial charge on any atom is -0.475 e. The lowest BCUT2D eigenvalue weighted by Gasteiger charge is -2.48. The predicted molar refractivity (Wildman–Crippen MR) is 151 cm³/mol. The van der Waals surface area contributed by atoms with Crippen molar-refractivity contribution in [3.05, 3.63) is 30.7 Å². The molecule has 1 amide bonds. The van der Waals surface area contributed by atoms with Gasteiger partial charge in [0.2, 0.25) is 0 Å². The molecule has 1 spiro atoms. The molecule has 4 heterocycles. The number of rotatable bonds is 8. The van der Waals surface area contributed by atoms with Crippen molar-refractivity contribution in [1.82, 2.24) is 24.6 Å². The summed E-state index contributed by atoms with van der Waals surface area (Å²) in [4.78, 5) is 32.6. The minimum absolute atomic E-state index is 0.157. The number of alkyl halides is 3. The van der Waals surface area contributed by atoms with E-state index in [0.717, 1.165) is 75.6 Å². The van der Waals surface area contributed by atoms with E-state index < -0.39 is 12.1 Å². The maximum Gasteiger partial charge on any atom is 0.490 e. The fraction of sp³-hybridized carbons (Fsp3) is 0.621. The van der Waals surface area contributed by atoms with Gasteiger partial charge >= 0.3 is 18.2 Å². The van der Waals surface area contributed by atoms with Gasteiger partial charge in [0.05, 0.1) is 18.9 Å². The third-order valence-corrected chi connectivity index (χ3v) is 8.28. The smallest absolute Gasteiger partial charge is 0.475 e. The number of hydrogen-bond acceptors (Lipinski definition) is 8. The second-order valence-corrected chi connectivity index (χ2v) is 11.3. The van der Waals surface area contributed by atoms with Gasteiger partial charge in [-0.15, -0.1) is 0 Å². The molecule has 5 rings (SSSR count). The quantitative estimate of drug-likeness (QED) is 0.436. The van der Waals surface area contributed by atoms with E-state index in [4.69, 9.17) is 24.9 Å². The van der Waals surface area contributed by atoms with Crippen molar-refractivity contribution < 1.29 is 32.6 Å². The summed E-state index contributed by atoms with van der Waals surface area (Å²) in [5.74, 6) is -1.72. The number of unbranched alkanes of at least 4 members (excludes halogenated alkanes) is 2. The number of carboxylic acid groups (broad SMARTS) is 1. The minimum atomic E-state index is -5.08. The lowest BCUT2D eigenvalue weighted by molar-refractivity contribution is -0.192. The first-order valence-electron chi connectivity index (χ1n) is 14.6. The highest BCUT2D eigenvalue weighted by Crippen LogP contribution is 2.47. The molecule has 0 aromatic carbocycles. The molecule has 11 nitrogen and oxygen atoms in total. The summed E-state index contributed by atoms with van der Waals surface area (Å²) in [5.41, 5.74) is 2.52. The van der Waals surface area contributed by atoms with E-state index in [9.17, 15) is 18.0 Å². The molecule has 0 radical (unpaired) electrons. The summed E-state index contributed by atoms with van der Waals surface area (Å²) in [6.07, 6.45) is 6.74. The van der Waals surface area contributed by atoms with Crippen molar-refractivity contribution in [3.63, 3.8) is 0 Å². The molecule has 2 aromatic rings. The molecule has 1 saturated carbocycles. The van der Waals surface area contributed by atoms with Gasteiger partial charge in [0.25, 0.3) is 0 Å². The van der Waals surface area contributed by atoms with Crippen molar-refractivity contribution in [3.8, 4) is 17.2 Å². The first kappa shape index (κ1) is 32.1. The average molecular weight is 606 g/mol. The number of amides is 1. The van der Waals surface area contributed by atoms with Crippen LogP contribution in [-0.4, -0.2) is 99.8 Å². The zero-order chi connectivity index (χ0) is 31.0. The number of carbonyl (C=O) groups excluding carboxylic acids is 1. The summed E-state index contributed by atoms with van der Waals surface area (Å²) >= 11 is 0. The fourth-order valence-corrected chi connectivity index (χ4v) is 6.16. The summed E-state index contributed by atoms with van der Waals surface area (Å²) in [5, 5.41) is 20.4. The number of halogens is 3. The number of likely N-dealkylation sites (tertiary alicyclic amines) is 1. The summed E-state index contributed by atoms with van der Waals surface area (Å²) < 4.78 is 38.9. The number of pyridine rings is 1. The standard InChI is InChI=1S/C27H37N7O2.C2HF3O2/c1-2-36-26(35)33-20-27(21-33)9-8-23(17-27)31-13-15-32(16-14-31)25-24(7-6-11-29-25)22-18-30-34(19-22)12-5-3-4-10-28;3-2(4,5)1(6)7/h6-7,11,18-19,23H,2-5,8-9,12-17,20-21H2,1H3;(H,6,7)/t23-;/m1./s1. The number of aryl methyl sites for hydroxylation is 1. The van der Waals surface area contributed by atoms with Gasteiger partial charge in [0, 0.05) is 87.2 Å². The van der Waals surface area contributed by atoms with Crippen LogP contribution in [0.15, 0.2) is 30.7 Å². The second-order valence-electron chi connectivity index (χ2n) is 11.3. The molecular weight excluding hydrogens is 567 g/mol. The zero-order valence-electron chi connectivity index (χ0n) is 24.3. The molecule has 0 bridgehead atoms. The van der Waals surface area contributed by atoms with Crippen molar-refractivity contribution in [1.29, 1.82) is 5.26 Å². The Bertz CT molecular complexity index is 1280. The first-order valence-corrected chi connectivity index (χ1v) is 14.6. The summed E-state index contributed by atoms with van der Waals surface area (Å²) in [6, 6.07) is 6.95. The Kier molecular flexibility index (Phi) is 10.5. The first-order chi connectivity index (χ1) is 20.5. The molecule has 2 saturated heterocycles. The number of aliphatic carboxylic acids is 1. The third-order valence-electron chi connectivity index (χ3n) is 8.28. The molecule has 43 heavy (non-hydrogen) atoms. The van der Waals surface area contributed by atoms with Crippen molar-refractivity contribution in [2.45, 2.75) is 64.2 Å². The van der Waals surface area contributed by atoms with Gasteiger partial charge in [-0.05, 0) is 51.2 Å². The van der Waals surface area contributed by atoms with Gasteiger partial charge in [0.1, 0.15) is 5.82 Å². The van der Waals surface area contributed by atoms with Crippen LogP contribution in [0.3, 0.4) is 0 Å². The predicted octanol–water partition coefficient (Wildman–Crippen LogP) is 4.41. The number of piperazine rings is 1. The van der Waals surface area contributed by atoms with Crippen LogP contribution in [0.1, 0.15) is 45.4 Å². The lowest BCUT2D eigenvalue weighted by atomic mass is 9.78. The molecular formula is C29H38F3N7O4. The maximum atomic E-state index is 12.0. The van der Waals surface area contributed by atoms with Gasteiger partial charge < -0.3 is 19.6 Å². The molecule has 3 fully saturated rings. The van der Waals surface area contributed by atoms with Crippen molar-refractivity contribution in [2.24, 2.45) is 5.41 Å². The number of carboxylic acids is 1. The monoisotopic (exact) mass is 605 g/mol. The largest absolute Gasteiger partial charge is 0.490 e. The Morgan fingerprint density at radius 2 is 1.93 bits per heavy atom. The number of anilines is 1. The van der Waals surface area contributed by atoms with Crippen LogP contribution in [0.2, 0.25) is 0 Å². The van der Waals surface area contributed by atoms with E-state index in [2.05, 4.69) is 33.2 Å². The molecule has 1 atom stereocenters. The van der Waals surface area contributed by atoms with Crippen LogP contribution >= 0.6 is 0 Å². The average Bonchev–Trinajstić information content (AvgIpc) is 3.63. The van der Waals surface area contributed by atoms with Gasteiger partial charge in [-0.3, -0.25) is 9.58 Å². The highest BCUT2D eigenvalue weighted by molar-refractivity contribution is 5.75. The number of aromatic nitrogens is 3. The number of nitriles is 1. The van der Waals surface area contributed by atoms with Crippen LogP contribution < -0.4 is 4.90 Å². The van der Waals surface area contributed by atoms with Gasteiger partial charge in [-0.25, -0.2) is 14.6 Å². The van der Waals surface area contributed by atoms with Crippen LogP contribution in [0.5, 0.6) is 0 Å². The molecule has 0 unspecified atom stereocenters. The number of hydrogen-bond donors (Lipinski definition) is 1.